The predicted octanol–water partition coefficient (Wildman–Crippen LogP) is 2.79. The summed E-state index contributed by atoms with van der Waals surface area (Å²) in [6.45, 7) is 7.79. The maximum Gasteiger partial charge on any atom is 0.119 e. The SMILES string of the molecule is CCOc1ccc(C(O)COCC(C)C)cc1. The van der Waals surface area contributed by atoms with Crippen molar-refractivity contribution >= 4 is 0 Å². The molecular formula is C14H22O3. The summed E-state index contributed by atoms with van der Waals surface area (Å²) >= 11 is 0. The topological polar surface area (TPSA) is 38.7 Å². The third kappa shape index (κ3) is 5.20. The van der Waals surface area contributed by atoms with Crippen molar-refractivity contribution in [2.45, 2.75) is 26.9 Å². The molecule has 0 fully saturated rings. The van der Waals surface area contributed by atoms with Gasteiger partial charge in [-0.2, -0.15) is 0 Å². The smallest absolute Gasteiger partial charge is 0.119 e. The minimum absolute atomic E-state index is 0.339. The highest BCUT2D eigenvalue weighted by atomic mass is 16.5. The zero-order valence-corrected chi connectivity index (χ0v) is 10.8. The van der Waals surface area contributed by atoms with Gasteiger partial charge in [-0.1, -0.05) is 26.0 Å². The van der Waals surface area contributed by atoms with Crippen molar-refractivity contribution in [3.63, 3.8) is 0 Å². The number of rotatable bonds is 7. The summed E-state index contributed by atoms with van der Waals surface area (Å²) in [5, 5.41) is 9.89. The molecule has 3 nitrogen and oxygen atoms in total. The molecule has 0 aliphatic carbocycles. The molecule has 96 valence electrons. The van der Waals surface area contributed by atoms with Crippen LogP contribution in [0, 0.1) is 5.92 Å². The lowest BCUT2D eigenvalue weighted by Gasteiger charge is -2.13. The van der Waals surface area contributed by atoms with E-state index in [0.29, 0.717) is 25.7 Å². The van der Waals surface area contributed by atoms with E-state index in [0.717, 1.165) is 11.3 Å². The molecule has 0 amide bonds. The number of hydrogen-bond acceptors (Lipinski definition) is 3. The Kier molecular flexibility index (Phi) is 6.01. The zero-order chi connectivity index (χ0) is 12.7. The van der Waals surface area contributed by atoms with E-state index in [9.17, 15) is 5.11 Å². The van der Waals surface area contributed by atoms with E-state index >= 15 is 0 Å². The van der Waals surface area contributed by atoms with E-state index in [-0.39, 0.29) is 0 Å². The monoisotopic (exact) mass is 238 g/mol. The van der Waals surface area contributed by atoms with E-state index in [4.69, 9.17) is 9.47 Å². The summed E-state index contributed by atoms with van der Waals surface area (Å²) in [7, 11) is 0. The van der Waals surface area contributed by atoms with Gasteiger partial charge < -0.3 is 14.6 Å². The van der Waals surface area contributed by atoms with Crippen LogP contribution in [-0.2, 0) is 4.74 Å². The molecule has 0 spiro atoms. The molecule has 1 aromatic rings. The highest BCUT2D eigenvalue weighted by molar-refractivity contribution is 5.28. The first kappa shape index (κ1) is 14.0. The highest BCUT2D eigenvalue weighted by Gasteiger charge is 2.08. The van der Waals surface area contributed by atoms with Crippen LogP contribution in [0.4, 0.5) is 0 Å². The average Bonchev–Trinajstić information content (AvgIpc) is 2.30. The first-order valence-electron chi connectivity index (χ1n) is 6.12. The molecule has 0 aliphatic rings. The summed E-state index contributed by atoms with van der Waals surface area (Å²) < 4.78 is 10.7. The van der Waals surface area contributed by atoms with Gasteiger partial charge in [-0.25, -0.2) is 0 Å². The fourth-order valence-electron chi connectivity index (χ4n) is 1.46. The van der Waals surface area contributed by atoms with Crippen molar-refractivity contribution in [2.75, 3.05) is 19.8 Å². The number of aliphatic hydroxyl groups excluding tert-OH is 1. The molecule has 1 rings (SSSR count). The lowest BCUT2D eigenvalue weighted by Crippen LogP contribution is -2.10. The van der Waals surface area contributed by atoms with Gasteiger partial charge in [0, 0.05) is 6.61 Å². The zero-order valence-electron chi connectivity index (χ0n) is 10.8. The van der Waals surface area contributed by atoms with Crippen molar-refractivity contribution in [1.29, 1.82) is 0 Å². The van der Waals surface area contributed by atoms with Gasteiger partial charge in [0.25, 0.3) is 0 Å². The van der Waals surface area contributed by atoms with Crippen LogP contribution in [0.5, 0.6) is 5.75 Å². The first-order valence-corrected chi connectivity index (χ1v) is 6.12. The van der Waals surface area contributed by atoms with Gasteiger partial charge in [0.05, 0.1) is 13.2 Å². The van der Waals surface area contributed by atoms with E-state index < -0.39 is 6.10 Å². The molecular weight excluding hydrogens is 216 g/mol. The maximum atomic E-state index is 9.89. The molecule has 1 atom stereocenters. The molecule has 0 aromatic heterocycles. The Hall–Kier alpha value is -1.06. The molecule has 0 radical (unpaired) electrons. The number of benzene rings is 1. The molecule has 3 heteroatoms. The third-order valence-electron chi connectivity index (χ3n) is 2.30. The standard InChI is InChI=1S/C14H22O3/c1-4-17-13-7-5-12(6-8-13)14(15)10-16-9-11(2)3/h5-8,11,14-15H,4,9-10H2,1-3H3. The van der Waals surface area contributed by atoms with Crippen LogP contribution < -0.4 is 4.74 Å². The average molecular weight is 238 g/mol. The molecule has 0 aliphatic heterocycles. The Morgan fingerprint density at radius 2 is 1.76 bits per heavy atom. The molecule has 0 heterocycles. The molecule has 1 unspecified atom stereocenters. The minimum atomic E-state index is -0.565. The number of aliphatic hydroxyl groups is 1. The highest BCUT2D eigenvalue weighted by Crippen LogP contribution is 2.18. The van der Waals surface area contributed by atoms with Crippen LogP contribution in [0.15, 0.2) is 24.3 Å². The quantitative estimate of drug-likeness (QED) is 0.794. The van der Waals surface area contributed by atoms with Crippen LogP contribution in [0.25, 0.3) is 0 Å². The summed E-state index contributed by atoms with van der Waals surface area (Å²) in [5.41, 5.74) is 0.859. The molecule has 1 N–H and O–H groups in total. The van der Waals surface area contributed by atoms with Gasteiger partial charge in [-0.15, -0.1) is 0 Å². The fraction of sp³-hybridized carbons (Fsp3) is 0.571. The Morgan fingerprint density at radius 3 is 2.29 bits per heavy atom. The van der Waals surface area contributed by atoms with E-state index in [1.165, 1.54) is 0 Å². The Labute approximate surface area is 103 Å². The van der Waals surface area contributed by atoms with Gasteiger partial charge in [0.15, 0.2) is 0 Å². The summed E-state index contributed by atoms with van der Waals surface area (Å²) in [6.07, 6.45) is -0.565. The van der Waals surface area contributed by atoms with Crippen LogP contribution in [0.3, 0.4) is 0 Å². The van der Waals surface area contributed by atoms with Crippen molar-refractivity contribution in [3.8, 4) is 5.75 Å². The molecule has 0 bridgehead atoms. The predicted molar refractivity (Wildman–Crippen MR) is 68.2 cm³/mol. The lowest BCUT2D eigenvalue weighted by atomic mass is 10.1. The normalized spacial score (nSPS) is 12.8. The minimum Gasteiger partial charge on any atom is -0.494 e. The Bertz CT molecular complexity index is 306. The van der Waals surface area contributed by atoms with Crippen molar-refractivity contribution in [3.05, 3.63) is 29.8 Å². The Balaban J connectivity index is 2.43. The maximum absolute atomic E-state index is 9.89. The summed E-state index contributed by atoms with van der Waals surface area (Å²) in [4.78, 5) is 0. The van der Waals surface area contributed by atoms with Crippen molar-refractivity contribution in [2.24, 2.45) is 5.92 Å². The van der Waals surface area contributed by atoms with Crippen LogP contribution in [0.1, 0.15) is 32.4 Å². The third-order valence-corrected chi connectivity index (χ3v) is 2.30. The van der Waals surface area contributed by atoms with Crippen LogP contribution in [0.2, 0.25) is 0 Å². The first-order chi connectivity index (χ1) is 8.13. The second-order valence-corrected chi connectivity index (χ2v) is 4.45. The van der Waals surface area contributed by atoms with Gasteiger partial charge in [-0.3, -0.25) is 0 Å². The van der Waals surface area contributed by atoms with Gasteiger partial charge in [0.1, 0.15) is 11.9 Å². The summed E-state index contributed by atoms with van der Waals surface area (Å²) in [5.74, 6) is 1.31. The van der Waals surface area contributed by atoms with Gasteiger partial charge in [0.2, 0.25) is 0 Å². The molecule has 0 saturated heterocycles. The van der Waals surface area contributed by atoms with E-state index in [1.807, 2.05) is 31.2 Å². The molecule has 17 heavy (non-hydrogen) atoms. The molecule has 1 aromatic carbocycles. The van der Waals surface area contributed by atoms with E-state index in [2.05, 4.69) is 13.8 Å². The van der Waals surface area contributed by atoms with Gasteiger partial charge >= 0.3 is 0 Å². The van der Waals surface area contributed by atoms with Crippen LogP contribution >= 0.6 is 0 Å². The number of ether oxygens (including phenoxy) is 2. The van der Waals surface area contributed by atoms with Crippen molar-refractivity contribution in [1.82, 2.24) is 0 Å². The summed E-state index contributed by atoms with van der Waals surface area (Å²) in [6, 6.07) is 7.47. The largest absolute Gasteiger partial charge is 0.494 e. The van der Waals surface area contributed by atoms with Crippen molar-refractivity contribution < 1.29 is 14.6 Å². The lowest BCUT2D eigenvalue weighted by molar-refractivity contribution is 0.0250. The fourth-order valence-corrected chi connectivity index (χ4v) is 1.46. The number of hydrogen-bond donors (Lipinski definition) is 1. The second kappa shape index (κ2) is 7.30. The molecule has 0 saturated carbocycles. The second-order valence-electron chi connectivity index (χ2n) is 4.45. The van der Waals surface area contributed by atoms with Crippen LogP contribution in [-0.4, -0.2) is 24.9 Å². The Morgan fingerprint density at radius 1 is 1.12 bits per heavy atom. The van der Waals surface area contributed by atoms with E-state index in [1.54, 1.807) is 0 Å². The van der Waals surface area contributed by atoms with Gasteiger partial charge in [-0.05, 0) is 30.5 Å².